The van der Waals surface area contributed by atoms with Crippen LogP contribution < -0.4 is 10.6 Å². The third-order valence-electron chi connectivity index (χ3n) is 3.53. The maximum absolute atomic E-state index is 12.2. The van der Waals surface area contributed by atoms with Crippen molar-refractivity contribution in [2.24, 2.45) is 5.41 Å². The number of nitrogens with one attached hydrogen (secondary N) is 3. The van der Waals surface area contributed by atoms with Crippen LogP contribution in [-0.4, -0.2) is 29.0 Å². The number of hydrogen-bond acceptors (Lipinski definition) is 3. The maximum atomic E-state index is 12.2. The number of hydrogen-bond donors (Lipinski definition) is 3. The summed E-state index contributed by atoms with van der Waals surface area (Å²) in [6.45, 7) is 5.82. The first kappa shape index (κ1) is 12.1. The van der Waals surface area contributed by atoms with E-state index >= 15 is 0 Å². The molecule has 0 aliphatic carbocycles. The van der Waals surface area contributed by atoms with Crippen LogP contribution in [-0.2, 0) is 4.79 Å². The minimum Gasteiger partial charge on any atom is -0.347 e. The van der Waals surface area contributed by atoms with Crippen LogP contribution in [0.4, 0.5) is 0 Å². The Hall–Kier alpha value is -1.36. The lowest BCUT2D eigenvalue weighted by molar-refractivity contribution is -0.132. The van der Waals surface area contributed by atoms with Gasteiger partial charge in [0.1, 0.15) is 5.82 Å². The average molecular weight is 236 g/mol. The molecule has 1 saturated heterocycles. The molecule has 5 heteroatoms. The number of carbonyl (C=O) groups excluding carboxylic acids is 1. The van der Waals surface area contributed by atoms with Gasteiger partial charge >= 0.3 is 0 Å². The molecule has 17 heavy (non-hydrogen) atoms. The van der Waals surface area contributed by atoms with Crippen molar-refractivity contribution < 1.29 is 4.79 Å². The second-order valence-electron chi connectivity index (χ2n) is 4.98. The molecular formula is C12H20N4O. The van der Waals surface area contributed by atoms with E-state index in [1.54, 1.807) is 12.4 Å². The number of carbonyl (C=O) groups is 1. The summed E-state index contributed by atoms with van der Waals surface area (Å²) in [6, 6.07) is -0.0655. The molecule has 1 aromatic heterocycles. The molecule has 94 valence electrons. The fourth-order valence-corrected chi connectivity index (χ4v) is 2.16. The molecule has 2 heterocycles. The van der Waals surface area contributed by atoms with Crippen molar-refractivity contribution in [2.45, 2.75) is 32.7 Å². The van der Waals surface area contributed by atoms with Gasteiger partial charge in [-0.05, 0) is 32.9 Å². The molecule has 0 aromatic carbocycles. The van der Waals surface area contributed by atoms with Gasteiger partial charge in [0.15, 0.2) is 0 Å². The summed E-state index contributed by atoms with van der Waals surface area (Å²) in [4.78, 5) is 19.4. The first-order chi connectivity index (χ1) is 8.12. The minimum absolute atomic E-state index is 0.0655. The van der Waals surface area contributed by atoms with Crippen molar-refractivity contribution in [2.75, 3.05) is 13.1 Å². The van der Waals surface area contributed by atoms with Crippen molar-refractivity contribution in [3.8, 4) is 0 Å². The third-order valence-corrected chi connectivity index (χ3v) is 3.53. The average Bonchev–Trinajstić information content (AvgIpc) is 2.83. The highest BCUT2D eigenvalue weighted by atomic mass is 16.2. The van der Waals surface area contributed by atoms with E-state index in [0.717, 1.165) is 31.8 Å². The van der Waals surface area contributed by atoms with Crippen molar-refractivity contribution in [1.82, 2.24) is 20.6 Å². The van der Waals surface area contributed by atoms with Gasteiger partial charge in [0, 0.05) is 17.8 Å². The fraction of sp³-hybridized carbons (Fsp3) is 0.667. The molecule has 1 unspecified atom stereocenters. The molecule has 5 nitrogen and oxygen atoms in total. The highest BCUT2D eigenvalue weighted by molar-refractivity contribution is 5.82. The molecule has 0 radical (unpaired) electrons. The van der Waals surface area contributed by atoms with E-state index in [9.17, 15) is 4.79 Å². The van der Waals surface area contributed by atoms with Crippen molar-refractivity contribution in [1.29, 1.82) is 0 Å². The Morgan fingerprint density at radius 1 is 1.53 bits per heavy atom. The first-order valence-corrected chi connectivity index (χ1v) is 6.13. The second-order valence-corrected chi connectivity index (χ2v) is 4.98. The van der Waals surface area contributed by atoms with Crippen LogP contribution in [0.15, 0.2) is 12.4 Å². The summed E-state index contributed by atoms with van der Waals surface area (Å²) >= 11 is 0. The van der Waals surface area contributed by atoms with E-state index in [4.69, 9.17) is 0 Å². The largest absolute Gasteiger partial charge is 0.347 e. The molecule has 0 saturated carbocycles. The molecule has 1 aromatic rings. The summed E-state index contributed by atoms with van der Waals surface area (Å²) in [5, 5.41) is 6.31. The van der Waals surface area contributed by atoms with Gasteiger partial charge < -0.3 is 15.6 Å². The monoisotopic (exact) mass is 236 g/mol. The van der Waals surface area contributed by atoms with Crippen LogP contribution in [0.5, 0.6) is 0 Å². The molecule has 3 N–H and O–H groups in total. The normalized spacial score (nSPS) is 20.8. The van der Waals surface area contributed by atoms with E-state index in [1.807, 2.05) is 13.8 Å². The molecule has 1 aliphatic heterocycles. The van der Waals surface area contributed by atoms with Crippen LogP contribution in [0.25, 0.3) is 0 Å². The predicted octanol–water partition coefficient (Wildman–Crippen LogP) is 0.977. The number of piperidine rings is 1. The van der Waals surface area contributed by atoms with Crippen LogP contribution in [0, 0.1) is 5.41 Å². The topological polar surface area (TPSA) is 69.8 Å². The highest BCUT2D eigenvalue weighted by Crippen LogP contribution is 2.28. The predicted molar refractivity (Wildman–Crippen MR) is 65.4 cm³/mol. The van der Waals surface area contributed by atoms with Crippen molar-refractivity contribution in [3.05, 3.63) is 18.2 Å². The van der Waals surface area contributed by atoms with Crippen molar-refractivity contribution in [3.63, 3.8) is 0 Å². The summed E-state index contributed by atoms with van der Waals surface area (Å²) in [6.07, 6.45) is 5.25. The summed E-state index contributed by atoms with van der Waals surface area (Å²) in [7, 11) is 0. The standard InChI is InChI=1S/C12H20N4O/c1-9(10-14-7-8-15-10)16-11(17)12(2)3-5-13-6-4-12/h7-9,13H,3-6H2,1-2H3,(H,14,15)(H,16,17). The number of aromatic amines is 1. The summed E-state index contributed by atoms with van der Waals surface area (Å²) in [5.74, 6) is 0.929. The molecule has 0 bridgehead atoms. The molecule has 1 aliphatic rings. The lowest BCUT2D eigenvalue weighted by Gasteiger charge is -2.33. The number of amides is 1. The van der Waals surface area contributed by atoms with Gasteiger partial charge in [0.25, 0.3) is 0 Å². The molecule has 1 amide bonds. The lowest BCUT2D eigenvalue weighted by Crippen LogP contribution is -2.46. The maximum Gasteiger partial charge on any atom is 0.226 e. The molecule has 0 spiro atoms. The quantitative estimate of drug-likeness (QED) is 0.732. The van der Waals surface area contributed by atoms with Crippen LogP contribution >= 0.6 is 0 Å². The number of H-pyrrole nitrogens is 1. The van der Waals surface area contributed by atoms with Crippen LogP contribution in [0.2, 0.25) is 0 Å². The zero-order valence-electron chi connectivity index (χ0n) is 10.4. The summed E-state index contributed by atoms with van der Waals surface area (Å²) < 4.78 is 0. The van der Waals surface area contributed by atoms with E-state index in [1.165, 1.54) is 0 Å². The Bertz CT molecular complexity index is 368. The Balaban J connectivity index is 1.96. The Kier molecular flexibility index (Phi) is 3.47. The van der Waals surface area contributed by atoms with Gasteiger partial charge in [-0.2, -0.15) is 0 Å². The fourth-order valence-electron chi connectivity index (χ4n) is 2.16. The van der Waals surface area contributed by atoms with Gasteiger partial charge in [-0.15, -0.1) is 0 Å². The minimum atomic E-state index is -0.244. The molecular weight excluding hydrogens is 216 g/mol. The Morgan fingerprint density at radius 3 is 2.82 bits per heavy atom. The number of aromatic nitrogens is 2. The zero-order chi connectivity index (χ0) is 12.3. The third kappa shape index (κ3) is 2.66. The second kappa shape index (κ2) is 4.87. The van der Waals surface area contributed by atoms with Gasteiger partial charge in [-0.25, -0.2) is 4.98 Å². The summed E-state index contributed by atoms with van der Waals surface area (Å²) in [5.41, 5.74) is -0.244. The zero-order valence-corrected chi connectivity index (χ0v) is 10.4. The van der Waals surface area contributed by atoms with Gasteiger partial charge in [-0.3, -0.25) is 4.79 Å². The van der Waals surface area contributed by atoms with Gasteiger partial charge in [0.05, 0.1) is 6.04 Å². The highest BCUT2D eigenvalue weighted by Gasteiger charge is 2.35. The molecule has 1 fully saturated rings. The van der Waals surface area contributed by atoms with E-state index < -0.39 is 0 Å². The van der Waals surface area contributed by atoms with Crippen LogP contribution in [0.3, 0.4) is 0 Å². The first-order valence-electron chi connectivity index (χ1n) is 6.13. The SMILES string of the molecule is CC(NC(=O)C1(C)CCNCC1)c1ncc[nH]1. The van der Waals surface area contributed by atoms with Crippen LogP contribution in [0.1, 0.15) is 38.6 Å². The number of imidazole rings is 1. The molecule has 1 atom stereocenters. The van der Waals surface area contributed by atoms with E-state index in [-0.39, 0.29) is 17.4 Å². The smallest absolute Gasteiger partial charge is 0.226 e. The van der Waals surface area contributed by atoms with E-state index in [0.29, 0.717) is 0 Å². The molecule has 2 rings (SSSR count). The number of nitrogens with zero attached hydrogens (tertiary/aromatic N) is 1. The van der Waals surface area contributed by atoms with Crippen molar-refractivity contribution >= 4 is 5.91 Å². The van der Waals surface area contributed by atoms with Gasteiger partial charge in [-0.1, -0.05) is 6.92 Å². The number of rotatable bonds is 3. The lowest BCUT2D eigenvalue weighted by atomic mass is 9.80. The van der Waals surface area contributed by atoms with Gasteiger partial charge in [0.2, 0.25) is 5.91 Å². The Morgan fingerprint density at radius 2 is 2.24 bits per heavy atom. The van der Waals surface area contributed by atoms with E-state index in [2.05, 4.69) is 20.6 Å². The Labute approximate surface area is 101 Å².